The highest BCUT2D eigenvalue weighted by Gasteiger charge is 2.18. The molecule has 0 heterocycles. The van der Waals surface area contributed by atoms with Gasteiger partial charge in [-0.2, -0.15) is 0 Å². The molecule has 0 amide bonds. The summed E-state index contributed by atoms with van der Waals surface area (Å²) in [5, 5.41) is 3.36. The van der Waals surface area contributed by atoms with Crippen LogP contribution in [0.2, 0.25) is 0 Å². The largest absolute Gasteiger partial charge is 0.494 e. The van der Waals surface area contributed by atoms with Gasteiger partial charge in [-0.05, 0) is 37.3 Å². The fourth-order valence-corrected chi connectivity index (χ4v) is 3.20. The van der Waals surface area contributed by atoms with Crippen LogP contribution in [0, 0.1) is 17.7 Å². The number of rotatable bonds is 6. The minimum Gasteiger partial charge on any atom is -0.494 e. The predicted molar refractivity (Wildman–Crippen MR) is 80.4 cm³/mol. The van der Waals surface area contributed by atoms with Crippen molar-refractivity contribution in [3.63, 3.8) is 0 Å². The maximum Gasteiger partial charge on any atom is 0.169 e. The van der Waals surface area contributed by atoms with E-state index in [0.29, 0.717) is 17.9 Å². The molecule has 1 aliphatic carbocycles. The molecule has 3 heteroatoms. The van der Waals surface area contributed by atoms with Gasteiger partial charge in [-0.15, -0.1) is 0 Å². The van der Waals surface area contributed by atoms with Gasteiger partial charge in [0.25, 0.3) is 0 Å². The first-order valence-electron chi connectivity index (χ1n) is 7.72. The van der Waals surface area contributed by atoms with Gasteiger partial charge in [-0.3, -0.25) is 0 Å². The highest BCUT2D eigenvalue weighted by Crippen LogP contribution is 2.30. The summed E-state index contributed by atoms with van der Waals surface area (Å²) in [6.07, 6.45) is 6.68. The highest BCUT2D eigenvalue weighted by molar-refractivity contribution is 5.30. The van der Waals surface area contributed by atoms with Crippen molar-refractivity contribution in [3.05, 3.63) is 29.6 Å². The van der Waals surface area contributed by atoms with Gasteiger partial charge >= 0.3 is 0 Å². The van der Waals surface area contributed by atoms with Gasteiger partial charge < -0.3 is 10.1 Å². The van der Waals surface area contributed by atoms with Gasteiger partial charge in [0.1, 0.15) is 0 Å². The lowest BCUT2D eigenvalue weighted by molar-refractivity contribution is 0.267. The molecule has 1 N–H and O–H groups in total. The first-order chi connectivity index (χ1) is 9.70. The Hall–Kier alpha value is -1.09. The average Bonchev–Trinajstić information content (AvgIpc) is 2.45. The molecular weight excluding hydrogens is 253 g/mol. The monoisotopic (exact) mass is 279 g/mol. The zero-order valence-electron chi connectivity index (χ0n) is 12.6. The van der Waals surface area contributed by atoms with Crippen LogP contribution in [0.15, 0.2) is 18.2 Å². The third kappa shape index (κ3) is 4.20. The zero-order valence-corrected chi connectivity index (χ0v) is 12.6. The molecule has 2 rings (SSSR count). The van der Waals surface area contributed by atoms with Crippen molar-refractivity contribution in [1.82, 2.24) is 5.32 Å². The molecule has 0 aliphatic heterocycles. The van der Waals surface area contributed by atoms with E-state index in [1.165, 1.54) is 39.2 Å². The number of nitrogens with one attached hydrogen (secondary N) is 1. The van der Waals surface area contributed by atoms with Crippen molar-refractivity contribution in [3.8, 4) is 5.75 Å². The molecule has 2 atom stereocenters. The molecule has 0 radical (unpaired) electrons. The number of hydrogen-bond acceptors (Lipinski definition) is 2. The molecule has 20 heavy (non-hydrogen) atoms. The van der Waals surface area contributed by atoms with Crippen LogP contribution in [0.25, 0.3) is 0 Å². The number of ether oxygens (including phenoxy) is 1. The summed E-state index contributed by atoms with van der Waals surface area (Å²) >= 11 is 0. The van der Waals surface area contributed by atoms with E-state index in [9.17, 15) is 4.39 Å². The van der Waals surface area contributed by atoms with E-state index in [0.717, 1.165) is 18.4 Å². The number of benzene rings is 1. The lowest BCUT2D eigenvalue weighted by Crippen LogP contribution is -2.21. The fourth-order valence-electron chi connectivity index (χ4n) is 3.20. The molecule has 112 valence electrons. The number of hydrogen-bond donors (Lipinski definition) is 1. The van der Waals surface area contributed by atoms with E-state index in [1.807, 2.05) is 12.1 Å². The smallest absolute Gasteiger partial charge is 0.169 e. The van der Waals surface area contributed by atoms with Crippen molar-refractivity contribution < 1.29 is 9.13 Å². The quantitative estimate of drug-likeness (QED) is 0.790. The Balaban J connectivity index is 1.73. The molecular formula is C17H26FNO. The van der Waals surface area contributed by atoms with E-state index in [2.05, 4.69) is 12.2 Å². The van der Waals surface area contributed by atoms with Crippen molar-refractivity contribution >= 4 is 0 Å². The number of halogens is 1. The summed E-state index contributed by atoms with van der Waals surface area (Å²) in [5.41, 5.74) is 0.682. The third-order valence-corrected chi connectivity index (χ3v) is 4.35. The van der Waals surface area contributed by atoms with Crippen molar-refractivity contribution in [2.75, 3.05) is 13.7 Å². The normalized spacial score (nSPS) is 22.8. The third-order valence-electron chi connectivity index (χ3n) is 4.35. The summed E-state index contributed by atoms with van der Waals surface area (Å²) in [6, 6.07) is 5.30. The van der Waals surface area contributed by atoms with Crippen LogP contribution in [0.5, 0.6) is 5.75 Å². The molecule has 0 spiro atoms. The SMILES string of the molecule is COc1cccc(CNCCC2CCCC(C)C2)c1F. The molecule has 1 fully saturated rings. The Morgan fingerprint density at radius 2 is 2.20 bits per heavy atom. The van der Waals surface area contributed by atoms with Crippen molar-refractivity contribution in [1.29, 1.82) is 0 Å². The van der Waals surface area contributed by atoms with Crippen LogP contribution in [-0.4, -0.2) is 13.7 Å². The average molecular weight is 279 g/mol. The summed E-state index contributed by atoms with van der Waals surface area (Å²) < 4.78 is 18.9. The van der Waals surface area contributed by atoms with Crippen molar-refractivity contribution in [2.24, 2.45) is 11.8 Å². The standard InChI is InChI=1S/C17H26FNO/c1-13-5-3-6-14(11-13)9-10-19-12-15-7-4-8-16(20-2)17(15)18/h4,7-8,13-14,19H,3,5-6,9-12H2,1-2H3. The first kappa shape index (κ1) is 15.3. The van der Waals surface area contributed by atoms with Crippen LogP contribution in [-0.2, 0) is 6.54 Å². The Morgan fingerprint density at radius 1 is 1.35 bits per heavy atom. The Bertz CT molecular complexity index is 421. The summed E-state index contributed by atoms with van der Waals surface area (Å²) in [4.78, 5) is 0. The van der Waals surface area contributed by atoms with Gasteiger partial charge in [0.2, 0.25) is 0 Å². The summed E-state index contributed by atoms with van der Waals surface area (Å²) in [7, 11) is 1.50. The summed E-state index contributed by atoms with van der Waals surface area (Å²) in [5.74, 6) is 1.81. The van der Waals surface area contributed by atoms with Crippen LogP contribution >= 0.6 is 0 Å². The molecule has 1 aromatic carbocycles. The van der Waals surface area contributed by atoms with Crippen LogP contribution in [0.4, 0.5) is 4.39 Å². The maximum atomic E-state index is 13.9. The molecule has 1 saturated carbocycles. The van der Waals surface area contributed by atoms with Gasteiger partial charge in [-0.1, -0.05) is 38.3 Å². The Labute approximate surface area is 121 Å². The predicted octanol–water partition coefficient (Wildman–Crippen LogP) is 4.14. The van der Waals surface area contributed by atoms with Gasteiger partial charge in [0, 0.05) is 12.1 Å². The Morgan fingerprint density at radius 3 is 2.95 bits per heavy atom. The second-order valence-electron chi connectivity index (χ2n) is 6.04. The molecule has 1 aliphatic rings. The molecule has 0 aromatic heterocycles. The van der Waals surface area contributed by atoms with Crippen LogP contribution in [0.1, 0.15) is 44.6 Å². The number of methoxy groups -OCH3 is 1. The topological polar surface area (TPSA) is 21.3 Å². The lowest BCUT2D eigenvalue weighted by Gasteiger charge is -2.26. The molecule has 2 unspecified atom stereocenters. The second kappa shape index (κ2) is 7.63. The van der Waals surface area contributed by atoms with Gasteiger partial charge in [-0.25, -0.2) is 4.39 Å². The first-order valence-corrected chi connectivity index (χ1v) is 7.72. The molecule has 1 aromatic rings. The summed E-state index contributed by atoms with van der Waals surface area (Å²) in [6.45, 7) is 3.89. The fraction of sp³-hybridized carbons (Fsp3) is 0.647. The van der Waals surface area contributed by atoms with E-state index in [-0.39, 0.29) is 5.82 Å². The zero-order chi connectivity index (χ0) is 14.4. The van der Waals surface area contributed by atoms with Crippen LogP contribution < -0.4 is 10.1 Å². The Kier molecular flexibility index (Phi) is 5.84. The van der Waals surface area contributed by atoms with Gasteiger partial charge in [0.05, 0.1) is 7.11 Å². The molecule has 0 saturated heterocycles. The maximum absolute atomic E-state index is 13.9. The molecule has 0 bridgehead atoms. The van der Waals surface area contributed by atoms with Crippen molar-refractivity contribution in [2.45, 2.75) is 45.6 Å². The van der Waals surface area contributed by atoms with Crippen LogP contribution in [0.3, 0.4) is 0 Å². The minimum absolute atomic E-state index is 0.242. The van der Waals surface area contributed by atoms with E-state index in [4.69, 9.17) is 4.74 Å². The van der Waals surface area contributed by atoms with E-state index < -0.39 is 0 Å². The molecule has 2 nitrogen and oxygen atoms in total. The van der Waals surface area contributed by atoms with E-state index in [1.54, 1.807) is 6.07 Å². The second-order valence-corrected chi connectivity index (χ2v) is 6.04. The minimum atomic E-state index is -0.242. The van der Waals surface area contributed by atoms with E-state index >= 15 is 0 Å². The lowest BCUT2D eigenvalue weighted by atomic mass is 9.81. The highest BCUT2D eigenvalue weighted by atomic mass is 19.1. The van der Waals surface area contributed by atoms with Gasteiger partial charge in [0.15, 0.2) is 11.6 Å².